The van der Waals surface area contributed by atoms with E-state index in [0.29, 0.717) is 12.1 Å². The Morgan fingerprint density at radius 1 is 1.21 bits per heavy atom. The van der Waals surface area contributed by atoms with E-state index in [1.807, 2.05) is 36.4 Å². The van der Waals surface area contributed by atoms with Crippen molar-refractivity contribution in [2.45, 2.75) is 6.54 Å². The van der Waals surface area contributed by atoms with Gasteiger partial charge in [-0.05, 0) is 35.9 Å². The van der Waals surface area contributed by atoms with Gasteiger partial charge in [0.2, 0.25) is 0 Å². The first-order chi connectivity index (χ1) is 9.19. The molecular formula is C15H14ClNO2. The molecule has 0 saturated heterocycles. The molecule has 0 aliphatic rings. The van der Waals surface area contributed by atoms with Crippen LogP contribution in [0.25, 0.3) is 0 Å². The zero-order valence-electron chi connectivity index (χ0n) is 10.5. The number of methoxy groups -OCH3 is 1. The zero-order valence-corrected chi connectivity index (χ0v) is 11.3. The summed E-state index contributed by atoms with van der Waals surface area (Å²) < 4.78 is 4.69. The number of halogens is 1. The first-order valence-corrected chi connectivity index (χ1v) is 6.23. The van der Waals surface area contributed by atoms with E-state index in [9.17, 15) is 4.79 Å². The smallest absolute Gasteiger partial charge is 0.337 e. The van der Waals surface area contributed by atoms with Gasteiger partial charge in [-0.15, -0.1) is 0 Å². The first-order valence-electron chi connectivity index (χ1n) is 5.86. The Bertz CT molecular complexity index is 567. The number of anilines is 1. The molecule has 2 rings (SSSR count). The van der Waals surface area contributed by atoms with Crippen LogP contribution in [0, 0.1) is 0 Å². The van der Waals surface area contributed by atoms with Crippen molar-refractivity contribution in [3.8, 4) is 0 Å². The normalized spacial score (nSPS) is 10.0. The van der Waals surface area contributed by atoms with Gasteiger partial charge in [0.1, 0.15) is 0 Å². The molecule has 0 heterocycles. The number of rotatable bonds is 4. The van der Waals surface area contributed by atoms with Gasteiger partial charge in [0, 0.05) is 17.3 Å². The van der Waals surface area contributed by atoms with Crippen LogP contribution in [0.2, 0.25) is 5.02 Å². The molecule has 0 spiro atoms. The molecule has 0 fully saturated rings. The second-order valence-corrected chi connectivity index (χ2v) is 4.49. The van der Waals surface area contributed by atoms with Gasteiger partial charge in [-0.2, -0.15) is 0 Å². The third-order valence-electron chi connectivity index (χ3n) is 2.69. The highest BCUT2D eigenvalue weighted by Gasteiger charge is 2.05. The number of carbonyl (C=O) groups excluding carboxylic acids is 1. The largest absolute Gasteiger partial charge is 0.465 e. The number of esters is 1. The molecule has 0 aliphatic carbocycles. The second kappa shape index (κ2) is 6.25. The zero-order chi connectivity index (χ0) is 13.7. The number of nitrogens with one attached hydrogen (secondary N) is 1. The van der Waals surface area contributed by atoms with Crippen LogP contribution < -0.4 is 5.32 Å². The van der Waals surface area contributed by atoms with Crippen LogP contribution in [0.5, 0.6) is 0 Å². The lowest BCUT2D eigenvalue weighted by Gasteiger charge is -2.08. The molecule has 3 nitrogen and oxygen atoms in total. The van der Waals surface area contributed by atoms with Gasteiger partial charge >= 0.3 is 5.97 Å². The molecule has 0 saturated carbocycles. The van der Waals surface area contributed by atoms with E-state index in [4.69, 9.17) is 11.6 Å². The molecule has 0 radical (unpaired) electrons. The Morgan fingerprint density at radius 3 is 2.63 bits per heavy atom. The Morgan fingerprint density at radius 2 is 1.95 bits per heavy atom. The molecule has 0 amide bonds. The fourth-order valence-corrected chi connectivity index (χ4v) is 1.81. The molecule has 0 bridgehead atoms. The second-order valence-electron chi connectivity index (χ2n) is 4.05. The Labute approximate surface area is 117 Å². The van der Waals surface area contributed by atoms with E-state index in [1.165, 1.54) is 7.11 Å². The van der Waals surface area contributed by atoms with Gasteiger partial charge in [-0.1, -0.05) is 29.8 Å². The maximum atomic E-state index is 11.4. The van der Waals surface area contributed by atoms with E-state index >= 15 is 0 Å². The minimum atomic E-state index is -0.338. The fourth-order valence-electron chi connectivity index (χ4n) is 1.68. The Kier molecular flexibility index (Phi) is 4.42. The third kappa shape index (κ3) is 3.73. The molecule has 0 unspecified atom stereocenters. The summed E-state index contributed by atoms with van der Waals surface area (Å²) in [6.45, 7) is 0.668. The molecular weight excluding hydrogens is 262 g/mol. The number of carbonyl (C=O) groups is 1. The van der Waals surface area contributed by atoms with Gasteiger partial charge in [0.15, 0.2) is 0 Å². The molecule has 2 aromatic carbocycles. The lowest BCUT2D eigenvalue weighted by Crippen LogP contribution is -2.03. The standard InChI is InChI=1S/C15H14ClNO2/c1-19-15(18)12-3-2-4-14(9-12)17-10-11-5-7-13(16)8-6-11/h2-9,17H,10H2,1H3. The van der Waals surface area contributed by atoms with E-state index in [0.717, 1.165) is 16.3 Å². The Hall–Kier alpha value is -2.00. The van der Waals surface area contributed by atoms with Crippen molar-refractivity contribution in [3.05, 3.63) is 64.7 Å². The quantitative estimate of drug-likeness (QED) is 0.864. The van der Waals surface area contributed by atoms with Crippen molar-refractivity contribution in [2.75, 3.05) is 12.4 Å². The summed E-state index contributed by atoms with van der Waals surface area (Å²) in [5.41, 5.74) is 2.52. The first kappa shape index (κ1) is 13.4. The van der Waals surface area contributed by atoms with Crippen LogP contribution in [0.15, 0.2) is 48.5 Å². The third-order valence-corrected chi connectivity index (χ3v) is 2.95. The number of hydrogen-bond donors (Lipinski definition) is 1. The highest BCUT2D eigenvalue weighted by Crippen LogP contribution is 2.14. The summed E-state index contributed by atoms with van der Waals surface area (Å²) >= 11 is 5.83. The minimum Gasteiger partial charge on any atom is -0.465 e. The van der Waals surface area contributed by atoms with Crippen molar-refractivity contribution >= 4 is 23.3 Å². The van der Waals surface area contributed by atoms with Crippen molar-refractivity contribution < 1.29 is 9.53 Å². The van der Waals surface area contributed by atoms with Gasteiger partial charge in [-0.3, -0.25) is 0 Å². The van der Waals surface area contributed by atoms with Crippen molar-refractivity contribution in [3.63, 3.8) is 0 Å². The van der Waals surface area contributed by atoms with Gasteiger partial charge in [0.25, 0.3) is 0 Å². The van der Waals surface area contributed by atoms with Crippen LogP contribution in [-0.2, 0) is 11.3 Å². The molecule has 0 atom stereocenters. The average Bonchev–Trinajstić information content (AvgIpc) is 2.46. The van der Waals surface area contributed by atoms with E-state index in [2.05, 4.69) is 10.1 Å². The predicted molar refractivity (Wildman–Crippen MR) is 76.6 cm³/mol. The van der Waals surface area contributed by atoms with Crippen molar-refractivity contribution in [1.29, 1.82) is 0 Å². The summed E-state index contributed by atoms with van der Waals surface area (Å²) in [7, 11) is 1.37. The minimum absolute atomic E-state index is 0.338. The highest BCUT2D eigenvalue weighted by molar-refractivity contribution is 6.30. The molecule has 19 heavy (non-hydrogen) atoms. The van der Waals surface area contributed by atoms with Gasteiger partial charge < -0.3 is 10.1 Å². The molecule has 0 aromatic heterocycles. The van der Waals surface area contributed by atoms with Gasteiger partial charge in [-0.25, -0.2) is 4.79 Å². The summed E-state index contributed by atoms with van der Waals surface area (Å²) in [6.07, 6.45) is 0. The SMILES string of the molecule is COC(=O)c1cccc(NCc2ccc(Cl)cc2)c1. The van der Waals surface area contributed by atoms with Crippen LogP contribution in [0.3, 0.4) is 0 Å². The van der Waals surface area contributed by atoms with E-state index < -0.39 is 0 Å². The summed E-state index contributed by atoms with van der Waals surface area (Å²) in [5, 5.41) is 3.97. The van der Waals surface area contributed by atoms with Crippen LogP contribution in [-0.4, -0.2) is 13.1 Å². The lowest BCUT2D eigenvalue weighted by molar-refractivity contribution is 0.0601. The maximum absolute atomic E-state index is 11.4. The summed E-state index contributed by atoms with van der Waals surface area (Å²) in [5.74, 6) is -0.338. The average molecular weight is 276 g/mol. The molecule has 2 aromatic rings. The topological polar surface area (TPSA) is 38.3 Å². The van der Waals surface area contributed by atoms with Crippen LogP contribution >= 0.6 is 11.6 Å². The Balaban J connectivity index is 2.03. The molecule has 1 N–H and O–H groups in total. The molecule has 4 heteroatoms. The van der Waals surface area contributed by atoms with E-state index in [-0.39, 0.29) is 5.97 Å². The number of benzene rings is 2. The summed E-state index contributed by atoms with van der Waals surface area (Å²) in [6, 6.07) is 14.8. The van der Waals surface area contributed by atoms with Crippen LogP contribution in [0.4, 0.5) is 5.69 Å². The number of ether oxygens (including phenoxy) is 1. The van der Waals surface area contributed by atoms with Crippen molar-refractivity contribution in [1.82, 2.24) is 0 Å². The van der Waals surface area contributed by atoms with E-state index in [1.54, 1.807) is 12.1 Å². The number of hydrogen-bond acceptors (Lipinski definition) is 3. The monoisotopic (exact) mass is 275 g/mol. The predicted octanol–water partition coefficient (Wildman–Crippen LogP) is 3.74. The van der Waals surface area contributed by atoms with Gasteiger partial charge in [0.05, 0.1) is 12.7 Å². The highest BCUT2D eigenvalue weighted by atomic mass is 35.5. The maximum Gasteiger partial charge on any atom is 0.337 e. The summed E-state index contributed by atoms with van der Waals surface area (Å²) in [4.78, 5) is 11.4. The lowest BCUT2D eigenvalue weighted by atomic mass is 10.2. The fraction of sp³-hybridized carbons (Fsp3) is 0.133. The molecule has 0 aliphatic heterocycles. The van der Waals surface area contributed by atoms with Crippen molar-refractivity contribution in [2.24, 2.45) is 0 Å². The van der Waals surface area contributed by atoms with Crippen LogP contribution in [0.1, 0.15) is 15.9 Å². The molecule has 98 valence electrons.